The molecule has 2 N–H and O–H groups in total. The molecule has 8 nitrogen and oxygen atoms in total. The van der Waals surface area contributed by atoms with Gasteiger partial charge in [-0.2, -0.15) is 0 Å². The number of hydrogen-bond donors (Lipinski definition) is 2. The zero-order chi connectivity index (χ0) is 17.6. The van der Waals surface area contributed by atoms with Crippen LogP contribution < -0.4 is 20.1 Å². The van der Waals surface area contributed by atoms with Crippen molar-refractivity contribution in [2.24, 2.45) is 0 Å². The predicted octanol–water partition coefficient (Wildman–Crippen LogP) is 1.27. The van der Waals surface area contributed by atoms with Gasteiger partial charge >= 0.3 is 0 Å². The first-order chi connectivity index (χ1) is 12.2. The van der Waals surface area contributed by atoms with Gasteiger partial charge in [0.05, 0.1) is 7.11 Å². The van der Waals surface area contributed by atoms with Crippen LogP contribution in [0.3, 0.4) is 0 Å². The van der Waals surface area contributed by atoms with E-state index >= 15 is 0 Å². The van der Waals surface area contributed by atoms with E-state index in [-0.39, 0.29) is 24.1 Å². The van der Waals surface area contributed by atoms with Crippen LogP contribution in [0.5, 0.6) is 11.5 Å². The third kappa shape index (κ3) is 4.28. The molecule has 2 heterocycles. The van der Waals surface area contributed by atoms with Crippen molar-refractivity contribution in [3.8, 4) is 11.5 Å². The Bertz CT molecular complexity index is 741. The molecule has 0 aliphatic carbocycles. The van der Waals surface area contributed by atoms with Gasteiger partial charge in [-0.3, -0.25) is 9.59 Å². The van der Waals surface area contributed by atoms with E-state index < -0.39 is 11.9 Å². The minimum absolute atomic E-state index is 0.0868. The van der Waals surface area contributed by atoms with Crippen LogP contribution in [0.1, 0.15) is 29.2 Å². The van der Waals surface area contributed by atoms with Crippen LogP contribution in [-0.2, 0) is 11.4 Å². The number of hydrogen-bond acceptors (Lipinski definition) is 6. The maximum absolute atomic E-state index is 12.1. The van der Waals surface area contributed by atoms with Crippen LogP contribution in [-0.4, -0.2) is 36.5 Å². The van der Waals surface area contributed by atoms with Crippen LogP contribution in [0.25, 0.3) is 0 Å². The molecule has 0 bridgehead atoms. The fourth-order valence-corrected chi connectivity index (χ4v) is 2.44. The van der Waals surface area contributed by atoms with Gasteiger partial charge in [0.15, 0.2) is 12.3 Å². The smallest absolute Gasteiger partial charge is 0.273 e. The van der Waals surface area contributed by atoms with Crippen molar-refractivity contribution in [1.82, 2.24) is 15.6 Å². The fourth-order valence-electron chi connectivity index (χ4n) is 2.44. The number of benzene rings is 1. The highest BCUT2D eigenvalue weighted by Crippen LogP contribution is 2.18. The minimum Gasteiger partial charge on any atom is -0.497 e. The lowest BCUT2D eigenvalue weighted by Crippen LogP contribution is -2.50. The Labute approximate surface area is 144 Å². The van der Waals surface area contributed by atoms with Crippen molar-refractivity contribution in [3.05, 3.63) is 42.1 Å². The molecule has 1 aromatic heterocycles. The summed E-state index contributed by atoms with van der Waals surface area (Å²) in [6, 6.07) is 6.54. The molecule has 8 heteroatoms. The average Bonchev–Trinajstić information content (AvgIpc) is 3.11. The summed E-state index contributed by atoms with van der Waals surface area (Å²) >= 11 is 0. The molecule has 0 spiro atoms. The van der Waals surface area contributed by atoms with E-state index in [9.17, 15) is 9.59 Å². The molecule has 0 saturated carbocycles. The Morgan fingerprint density at radius 3 is 2.84 bits per heavy atom. The molecular formula is C17H19N3O5. The van der Waals surface area contributed by atoms with E-state index in [1.807, 2.05) is 0 Å². The Hall–Kier alpha value is -3.03. The van der Waals surface area contributed by atoms with Gasteiger partial charge in [0.2, 0.25) is 11.8 Å². The molecule has 0 radical (unpaired) electrons. The molecule has 1 aliphatic heterocycles. The van der Waals surface area contributed by atoms with E-state index in [4.69, 9.17) is 13.9 Å². The van der Waals surface area contributed by atoms with E-state index in [1.54, 1.807) is 31.4 Å². The van der Waals surface area contributed by atoms with Crippen molar-refractivity contribution in [2.75, 3.05) is 13.7 Å². The highest BCUT2D eigenvalue weighted by Gasteiger charge is 2.25. The minimum atomic E-state index is -0.531. The monoisotopic (exact) mass is 345 g/mol. The Kier molecular flexibility index (Phi) is 5.17. The van der Waals surface area contributed by atoms with E-state index in [0.29, 0.717) is 18.7 Å². The second-order valence-corrected chi connectivity index (χ2v) is 5.55. The number of methoxy groups -OCH3 is 1. The van der Waals surface area contributed by atoms with Gasteiger partial charge in [0.25, 0.3) is 5.91 Å². The summed E-state index contributed by atoms with van der Waals surface area (Å²) in [5.74, 6) is 1.01. The maximum Gasteiger partial charge on any atom is 0.273 e. The SMILES string of the molecule is COc1ccc(OCc2nc(C(=O)N[C@H]3CCCNC3=O)co2)cc1. The lowest BCUT2D eigenvalue weighted by molar-refractivity contribution is -0.124. The van der Waals surface area contributed by atoms with Crippen molar-refractivity contribution >= 4 is 11.8 Å². The summed E-state index contributed by atoms with van der Waals surface area (Å²) in [5, 5.41) is 5.37. The molecule has 1 fully saturated rings. The average molecular weight is 345 g/mol. The third-order valence-corrected chi connectivity index (χ3v) is 3.80. The summed E-state index contributed by atoms with van der Waals surface area (Å²) < 4.78 is 15.9. The van der Waals surface area contributed by atoms with Crippen molar-refractivity contribution in [3.63, 3.8) is 0 Å². The van der Waals surface area contributed by atoms with Gasteiger partial charge in [-0.15, -0.1) is 0 Å². The van der Waals surface area contributed by atoms with E-state index in [0.717, 1.165) is 12.2 Å². The molecule has 25 heavy (non-hydrogen) atoms. The quantitative estimate of drug-likeness (QED) is 0.817. The highest BCUT2D eigenvalue weighted by atomic mass is 16.5. The van der Waals surface area contributed by atoms with Crippen LogP contribution in [0.15, 0.2) is 34.9 Å². The first kappa shape index (κ1) is 16.8. The summed E-state index contributed by atoms with van der Waals surface area (Å²) in [5.41, 5.74) is 0.117. The molecule has 2 aromatic rings. The molecule has 2 amide bonds. The molecule has 132 valence electrons. The van der Waals surface area contributed by atoms with Gasteiger partial charge < -0.3 is 24.5 Å². The number of carbonyl (C=O) groups excluding carboxylic acids is 2. The molecule has 1 atom stereocenters. The van der Waals surface area contributed by atoms with Gasteiger partial charge in [0.1, 0.15) is 23.8 Å². The van der Waals surface area contributed by atoms with Crippen LogP contribution >= 0.6 is 0 Å². The number of ether oxygens (including phenoxy) is 2. The zero-order valence-corrected chi connectivity index (χ0v) is 13.8. The van der Waals surface area contributed by atoms with Gasteiger partial charge in [-0.05, 0) is 37.1 Å². The normalized spacial score (nSPS) is 16.8. The Morgan fingerprint density at radius 2 is 2.12 bits per heavy atom. The Balaban J connectivity index is 1.54. The number of rotatable bonds is 6. The van der Waals surface area contributed by atoms with Gasteiger partial charge in [-0.1, -0.05) is 0 Å². The first-order valence-electron chi connectivity index (χ1n) is 7.95. The van der Waals surface area contributed by atoms with Crippen molar-refractivity contribution in [1.29, 1.82) is 0 Å². The second-order valence-electron chi connectivity index (χ2n) is 5.55. The molecular weight excluding hydrogens is 326 g/mol. The van der Waals surface area contributed by atoms with Crippen molar-refractivity contribution < 1.29 is 23.5 Å². The largest absolute Gasteiger partial charge is 0.497 e. The van der Waals surface area contributed by atoms with Crippen LogP contribution in [0.2, 0.25) is 0 Å². The van der Waals surface area contributed by atoms with Crippen LogP contribution in [0, 0.1) is 0 Å². The topological polar surface area (TPSA) is 103 Å². The molecule has 1 aliphatic rings. The zero-order valence-electron chi connectivity index (χ0n) is 13.8. The number of amides is 2. The number of oxazole rings is 1. The Morgan fingerprint density at radius 1 is 1.36 bits per heavy atom. The van der Waals surface area contributed by atoms with E-state index in [2.05, 4.69) is 15.6 Å². The number of piperidine rings is 1. The summed E-state index contributed by atoms with van der Waals surface area (Å²) in [6.45, 7) is 0.728. The summed E-state index contributed by atoms with van der Waals surface area (Å²) in [6.07, 6.45) is 2.70. The van der Waals surface area contributed by atoms with Crippen molar-refractivity contribution in [2.45, 2.75) is 25.5 Å². The number of nitrogens with zero attached hydrogens (tertiary/aromatic N) is 1. The second kappa shape index (κ2) is 7.69. The molecule has 0 unspecified atom stereocenters. The number of aromatic nitrogens is 1. The predicted molar refractivity (Wildman–Crippen MR) is 87.3 cm³/mol. The maximum atomic E-state index is 12.1. The standard InChI is InChI=1S/C17H19N3O5/c1-23-11-4-6-12(7-5-11)24-10-15-19-14(9-25-15)17(22)20-13-3-2-8-18-16(13)21/h4-7,9,13H,2-3,8,10H2,1H3,(H,18,21)(H,20,22)/t13-/m0/s1. The van der Waals surface area contributed by atoms with Crippen LogP contribution in [0.4, 0.5) is 0 Å². The van der Waals surface area contributed by atoms with E-state index in [1.165, 1.54) is 6.26 Å². The lowest BCUT2D eigenvalue weighted by atomic mass is 10.1. The summed E-state index contributed by atoms with van der Waals surface area (Å²) in [4.78, 5) is 27.9. The number of carbonyl (C=O) groups is 2. The third-order valence-electron chi connectivity index (χ3n) is 3.80. The van der Waals surface area contributed by atoms with Gasteiger partial charge in [-0.25, -0.2) is 4.98 Å². The highest BCUT2D eigenvalue weighted by molar-refractivity contribution is 5.96. The lowest BCUT2D eigenvalue weighted by Gasteiger charge is -2.22. The molecule has 1 saturated heterocycles. The fraction of sp³-hybridized carbons (Fsp3) is 0.353. The number of nitrogens with one attached hydrogen (secondary N) is 2. The van der Waals surface area contributed by atoms with Gasteiger partial charge in [0, 0.05) is 6.54 Å². The first-order valence-corrected chi connectivity index (χ1v) is 7.95. The summed E-state index contributed by atoms with van der Waals surface area (Å²) in [7, 11) is 1.59. The molecule has 1 aromatic carbocycles. The molecule has 3 rings (SSSR count).